The van der Waals surface area contributed by atoms with E-state index in [1.54, 1.807) is 0 Å². The molecule has 0 bridgehead atoms. The Bertz CT molecular complexity index is 567. The number of carbonyl (C=O) groups excluding carboxylic acids is 2. The summed E-state index contributed by atoms with van der Waals surface area (Å²) in [6.45, 7) is 11.9. The van der Waals surface area contributed by atoms with Gasteiger partial charge in [0.05, 0.1) is 13.1 Å². The highest BCUT2D eigenvalue weighted by molar-refractivity contribution is 5.79. The summed E-state index contributed by atoms with van der Waals surface area (Å²) in [5.74, 6) is 0.682. The average Bonchev–Trinajstić information content (AvgIpc) is 2.49. The highest BCUT2D eigenvalue weighted by Crippen LogP contribution is 2.11. The van der Waals surface area contributed by atoms with Gasteiger partial charge in [0.25, 0.3) is 11.8 Å². The lowest BCUT2D eigenvalue weighted by atomic mass is 10.1. The minimum Gasteiger partial charge on any atom is -0.492 e. The first-order chi connectivity index (χ1) is 11.7. The van der Waals surface area contributed by atoms with Gasteiger partial charge < -0.3 is 20.3 Å². The number of amides is 2. The van der Waals surface area contributed by atoms with Crippen molar-refractivity contribution in [1.29, 1.82) is 0 Å². The number of nitrogens with one attached hydrogen (secondary N) is 3. The topological polar surface area (TPSA) is 71.9 Å². The van der Waals surface area contributed by atoms with Gasteiger partial charge in [0.2, 0.25) is 0 Å². The van der Waals surface area contributed by atoms with E-state index < -0.39 is 0 Å². The van der Waals surface area contributed by atoms with Crippen molar-refractivity contribution in [2.45, 2.75) is 40.2 Å². The summed E-state index contributed by atoms with van der Waals surface area (Å²) in [5, 5.41) is 5.76. The van der Waals surface area contributed by atoms with Crippen LogP contribution in [0.25, 0.3) is 0 Å². The van der Waals surface area contributed by atoms with Crippen molar-refractivity contribution in [2.24, 2.45) is 0 Å². The molecule has 0 fully saturated rings. The first kappa shape index (κ1) is 21.0. The molecule has 0 aliphatic rings. The van der Waals surface area contributed by atoms with Crippen LogP contribution in [0.1, 0.15) is 33.3 Å². The number of likely N-dealkylation sites (N-methyl/N-ethyl adjacent to an activating group) is 1. The van der Waals surface area contributed by atoms with E-state index in [1.807, 2.05) is 58.9 Å². The molecule has 25 heavy (non-hydrogen) atoms. The van der Waals surface area contributed by atoms with Crippen LogP contribution >= 0.6 is 0 Å². The van der Waals surface area contributed by atoms with E-state index in [0.29, 0.717) is 26.2 Å². The Morgan fingerprint density at radius 1 is 1.16 bits per heavy atom. The average molecular weight is 350 g/mol. The minimum atomic E-state index is -0.259. The van der Waals surface area contributed by atoms with Gasteiger partial charge in [-0.3, -0.25) is 9.59 Å². The Morgan fingerprint density at radius 3 is 2.44 bits per heavy atom. The van der Waals surface area contributed by atoms with Crippen LogP contribution in [0.2, 0.25) is 0 Å². The van der Waals surface area contributed by atoms with Gasteiger partial charge in [0, 0.05) is 5.54 Å². The Labute approximate surface area is 150 Å². The summed E-state index contributed by atoms with van der Waals surface area (Å²) in [6.07, 6.45) is 0. The molecular weight excluding hydrogens is 318 g/mol. The third-order valence-electron chi connectivity index (χ3n) is 3.52. The zero-order valence-corrected chi connectivity index (χ0v) is 16.1. The van der Waals surface area contributed by atoms with Gasteiger partial charge in [-0.25, -0.2) is 0 Å². The van der Waals surface area contributed by atoms with E-state index in [2.05, 4.69) is 10.6 Å². The highest BCUT2D eigenvalue weighted by Gasteiger charge is 2.20. The van der Waals surface area contributed by atoms with E-state index in [9.17, 15) is 9.59 Å². The highest BCUT2D eigenvalue weighted by atomic mass is 16.5. The first-order valence-electron chi connectivity index (χ1n) is 8.80. The molecule has 0 spiro atoms. The van der Waals surface area contributed by atoms with E-state index in [1.165, 1.54) is 0 Å². The van der Waals surface area contributed by atoms with Gasteiger partial charge in [-0.15, -0.1) is 0 Å². The van der Waals surface area contributed by atoms with Crippen LogP contribution in [-0.4, -0.2) is 50.1 Å². The maximum atomic E-state index is 12.0. The normalized spacial score (nSPS) is 12.4. The maximum absolute atomic E-state index is 12.0. The summed E-state index contributed by atoms with van der Waals surface area (Å²) in [5.41, 5.74) is 0.878. The van der Waals surface area contributed by atoms with Gasteiger partial charge in [-0.05, 0) is 52.3 Å². The van der Waals surface area contributed by atoms with Crippen molar-refractivity contribution in [1.82, 2.24) is 10.6 Å². The third kappa shape index (κ3) is 9.72. The van der Waals surface area contributed by atoms with Crippen molar-refractivity contribution in [3.63, 3.8) is 0 Å². The predicted octanol–water partition coefficient (Wildman–Crippen LogP) is 0.310. The van der Waals surface area contributed by atoms with Crippen LogP contribution in [-0.2, 0) is 9.59 Å². The van der Waals surface area contributed by atoms with Gasteiger partial charge in [0.15, 0.2) is 13.1 Å². The van der Waals surface area contributed by atoms with Gasteiger partial charge in [-0.1, -0.05) is 12.1 Å². The fourth-order valence-corrected chi connectivity index (χ4v) is 2.36. The van der Waals surface area contributed by atoms with E-state index >= 15 is 0 Å². The molecule has 0 aliphatic heterocycles. The molecule has 0 aliphatic carbocycles. The second kappa shape index (κ2) is 10.0. The monoisotopic (exact) mass is 350 g/mol. The summed E-state index contributed by atoms with van der Waals surface area (Å²) in [6, 6.07) is 7.80. The summed E-state index contributed by atoms with van der Waals surface area (Å²) in [7, 11) is 0. The second-order valence-corrected chi connectivity index (χ2v) is 7.27. The lowest BCUT2D eigenvalue weighted by molar-refractivity contribution is -0.881. The molecule has 140 valence electrons. The Morgan fingerprint density at radius 2 is 1.84 bits per heavy atom. The molecule has 6 nitrogen and oxygen atoms in total. The number of aryl methyl sites for hydroxylation is 1. The molecule has 1 atom stereocenters. The predicted molar refractivity (Wildman–Crippen MR) is 98.8 cm³/mol. The third-order valence-corrected chi connectivity index (χ3v) is 3.52. The number of hydrogen-bond acceptors (Lipinski definition) is 3. The quantitative estimate of drug-likeness (QED) is 0.561. The fraction of sp³-hybridized carbons (Fsp3) is 0.579. The number of quaternary nitrogens is 1. The van der Waals surface area contributed by atoms with E-state index in [0.717, 1.165) is 16.2 Å². The van der Waals surface area contributed by atoms with Crippen molar-refractivity contribution < 1.29 is 19.2 Å². The van der Waals surface area contributed by atoms with Crippen LogP contribution in [0, 0.1) is 6.92 Å². The molecule has 1 unspecified atom stereocenters. The summed E-state index contributed by atoms with van der Waals surface area (Å²) in [4.78, 5) is 24.9. The molecule has 6 heteroatoms. The van der Waals surface area contributed by atoms with Crippen LogP contribution in [0.15, 0.2) is 24.3 Å². The number of rotatable bonds is 9. The van der Waals surface area contributed by atoms with Gasteiger partial charge in [0.1, 0.15) is 12.4 Å². The lowest BCUT2D eigenvalue weighted by Gasteiger charge is -2.23. The molecule has 1 rings (SSSR count). The molecule has 0 saturated heterocycles. The van der Waals surface area contributed by atoms with Crippen molar-refractivity contribution in [2.75, 3.05) is 32.8 Å². The summed E-state index contributed by atoms with van der Waals surface area (Å²) >= 11 is 0. The Kier molecular flexibility index (Phi) is 8.41. The maximum Gasteiger partial charge on any atom is 0.275 e. The number of hydrogen-bond donors (Lipinski definition) is 3. The van der Waals surface area contributed by atoms with Crippen molar-refractivity contribution >= 4 is 11.8 Å². The van der Waals surface area contributed by atoms with Crippen LogP contribution in [0.5, 0.6) is 5.75 Å². The minimum absolute atomic E-state index is 0.0417. The first-order valence-corrected chi connectivity index (χ1v) is 8.80. The number of carbonyl (C=O) groups is 2. The van der Waals surface area contributed by atoms with Crippen LogP contribution in [0.3, 0.4) is 0 Å². The van der Waals surface area contributed by atoms with E-state index in [4.69, 9.17) is 4.74 Å². The molecule has 3 N–H and O–H groups in total. The standard InChI is InChI=1S/C19H31N3O3/c1-6-22(14-18(24)21-19(3,4)5)13-17(23)20-10-11-25-16-9-7-8-15(2)12-16/h7-9,12H,6,10-11,13-14H2,1-5H3,(H,20,23)(H,21,24)/p+1. The smallest absolute Gasteiger partial charge is 0.275 e. The number of benzene rings is 1. The Hall–Kier alpha value is -2.08. The number of ether oxygens (including phenoxy) is 1. The summed E-state index contributed by atoms with van der Waals surface area (Å²) < 4.78 is 5.60. The largest absolute Gasteiger partial charge is 0.492 e. The van der Waals surface area contributed by atoms with E-state index in [-0.39, 0.29) is 23.9 Å². The second-order valence-electron chi connectivity index (χ2n) is 7.27. The molecule has 0 radical (unpaired) electrons. The van der Waals surface area contributed by atoms with Gasteiger partial charge in [-0.2, -0.15) is 0 Å². The molecular formula is C19H32N3O3+. The Balaban J connectivity index is 2.28. The van der Waals surface area contributed by atoms with Gasteiger partial charge >= 0.3 is 0 Å². The fourth-order valence-electron chi connectivity index (χ4n) is 2.36. The van der Waals surface area contributed by atoms with Crippen molar-refractivity contribution in [3.05, 3.63) is 29.8 Å². The molecule has 0 aromatic heterocycles. The lowest BCUT2D eigenvalue weighted by Crippen LogP contribution is -3.14. The molecule has 1 aromatic rings. The zero-order chi connectivity index (χ0) is 18.9. The van der Waals surface area contributed by atoms with Crippen LogP contribution in [0.4, 0.5) is 0 Å². The van der Waals surface area contributed by atoms with Crippen LogP contribution < -0.4 is 20.3 Å². The van der Waals surface area contributed by atoms with Crippen molar-refractivity contribution in [3.8, 4) is 5.75 Å². The molecule has 1 aromatic carbocycles. The molecule has 0 saturated carbocycles. The molecule has 0 heterocycles. The zero-order valence-electron chi connectivity index (χ0n) is 16.1. The SMILES string of the molecule is CC[NH+](CC(=O)NCCOc1cccc(C)c1)CC(=O)NC(C)(C)C. The molecule has 2 amide bonds.